The van der Waals surface area contributed by atoms with Crippen molar-refractivity contribution in [2.24, 2.45) is 0 Å². The molecule has 3 nitrogen and oxygen atoms in total. The normalized spacial score (nSPS) is 32.1. The molecule has 0 aromatic heterocycles. The summed E-state index contributed by atoms with van der Waals surface area (Å²) in [5.74, 6) is -0.274. The number of rotatable bonds is 3. The van der Waals surface area contributed by atoms with Gasteiger partial charge < -0.3 is 14.9 Å². The van der Waals surface area contributed by atoms with Gasteiger partial charge in [-0.3, -0.25) is 0 Å². The van der Waals surface area contributed by atoms with Crippen LogP contribution in [0.25, 0.3) is 0 Å². The van der Waals surface area contributed by atoms with Crippen molar-refractivity contribution in [3.8, 4) is 0 Å². The monoisotopic (exact) mass is 214 g/mol. The van der Waals surface area contributed by atoms with Gasteiger partial charge in [0.05, 0.1) is 5.22 Å². The number of ether oxygens (including phenoxy) is 1. The molecule has 2 unspecified atom stereocenters. The van der Waals surface area contributed by atoms with Crippen LogP contribution in [0.4, 0.5) is 0 Å². The van der Waals surface area contributed by atoms with Gasteiger partial charge in [0.15, 0.2) is 5.60 Å². The first-order valence-corrected chi connectivity index (χ1v) is 5.84. The molecule has 0 spiro atoms. The van der Waals surface area contributed by atoms with Crippen molar-refractivity contribution >= 4 is 10.2 Å². The van der Waals surface area contributed by atoms with E-state index in [0.29, 0.717) is 16.8 Å². The molecule has 1 saturated heterocycles. The van der Waals surface area contributed by atoms with Gasteiger partial charge >= 0.3 is 0 Å². The Kier molecular flexibility index (Phi) is 3.19. The predicted molar refractivity (Wildman–Crippen MR) is 59.4 cm³/mol. The molecule has 2 atom stereocenters. The van der Waals surface area contributed by atoms with E-state index in [1.54, 1.807) is 0 Å². The van der Waals surface area contributed by atoms with Gasteiger partial charge in [0, 0.05) is 16.8 Å². The average molecular weight is 214 g/mol. The third-order valence-electron chi connectivity index (χ3n) is 3.01. The van der Waals surface area contributed by atoms with Crippen LogP contribution in [0, 0.1) is 0 Å². The third-order valence-corrected chi connectivity index (χ3v) is 4.56. The molecule has 0 saturated carbocycles. The zero-order valence-electron chi connectivity index (χ0n) is 8.62. The van der Waals surface area contributed by atoms with Gasteiger partial charge in [0.2, 0.25) is 0 Å². The Morgan fingerprint density at radius 1 is 1.57 bits per heavy atom. The summed E-state index contributed by atoms with van der Waals surface area (Å²) < 4.78 is 5.60. The summed E-state index contributed by atoms with van der Waals surface area (Å²) in [6, 6.07) is 0. The molecular weight excluding hydrogens is 196 g/mol. The van der Waals surface area contributed by atoms with Crippen LogP contribution in [0.2, 0.25) is 0 Å². The van der Waals surface area contributed by atoms with Crippen LogP contribution < -0.4 is 0 Å². The number of aliphatic hydroxyl groups is 2. The van der Waals surface area contributed by atoms with Crippen LogP contribution in [0.1, 0.15) is 19.3 Å². The number of hydrogen-bond donors (Lipinski definition) is 2. The lowest BCUT2D eigenvalue weighted by molar-refractivity contribution is -0.127. The smallest absolute Gasteiger partial charge is 0.163 e. The summed E-state index contributed by atoms with van der Waals surface area (Å²) in [4.78, 5) is 0. The maximum absolute atomic E-state index is 10.2. The van der Waals surface area contributed by atoms with Gasteiger partial charge in [0.25, 0.3) is 0 Å². The second-order valence-corrected chi connectivity index (χ2v) is 5.57. The minimum Gasteiger partial charge on any atom is -0.509 e. The zero-order chi connectivity index (χ0) is 10.8. The molecule has 80 valence electrons. The highest BCUT2D eigenvalue weighted by Gasteiger charge is 2.48. The Morgan fingerprint density at radius 3 is 2.57 bits per heavy atom. The van der Waals surface area contributed by atoms with Crippen molar-refractivity contribution in [1.82, 2.24) is 0 Å². The van der Waals surface area contributed by atoms with Crippen LogP contribution in [-0.4, -0.2) is 37.9 Å². The fourth-order valence-electron chi connectivity index (χ4n) is 1.87. The Bertz CT molecular complexity index is 246. The van der Waals surface area contributed by atoms with E-state index in [-0.39, 0.29) is 5.76 Å². The zero-order valence-corrected chi connectivity index (χ0v) is 10.6. The molecule has 2 N–H and O–H groups in total. The van der Waals surface area contributed by atoms with Gasteiger partial charge in [-0.1, -0.05) is 19.2 Å². The molecule has 0 amide bonds. The molecule has 0 aromatic rings. The molecule has 1 heterocycles. The van der Waals surface area contributed by atoms with Crippen molar-refractivity contribution in [2.45, 2.75) is 30.1 Å². The Morgan fingerprint density at radius 2 is 2.21 bits per heavy atom. The molecule has 0 aromatic carbocycles. The summed E-state index contributed by atoms with van der Waals surface area (Å²) in [6.45, 7) is 7.57. The molecule has 4 heteroatoms. The lowest BCUT2D eigenvalue weighted by atomic mass is 9.88. The van der Waals surface area contributed by atoms with Crippen molar-refractivity contribution in [1.29, 1.82) is 0 Å². The lowest BCUT2D eigenvalue weighted by Crippen LogP contribution is -2.57. The highest BCUT2D eigenvalue weighted by atomic mass is 28.1. The van der Waals surface area contributed by atoms with E-state index < -0.39 is 10.8 Å². The van der Waals surface area contributed by atoms with Gasteiger partial charge in [-0.05, 0) is 19.3 Å². The van der Waals surface area contributed by atoms with E-state index in [4.69, 9.17) is 4.74 Å². The van der Waals surface area contributed by atoms with E-state index in [9.17, 15) is 10.2 Å². The molecule has 0 radical (unpaired) electrons. The molecule has 1 fully saturated rings. The van der Waals surface area contributed by atoms with Gasteiger partial charge in [-0.2, -0.15) is 0 Å². The van der Waals surface area contributed by atoms with E-state index >= 15 is 0 Å². The third kappa shape index (κ3) is 1.65. The summed E-state index contributed by atoms with van der Waals surface area (Å²) >= 11 is 0. The quantitative estimate of drug-likeness (QED) is 0.402. The van der Waals surface area contributed by atoms with Crippen molar-refractivity contribution in [3.05, 3.63) is 25.0 Å². The second-order valence-electron chi connectivity index (χ2n) is 3.95. The minimum atomic E-state index is -1.49. The first-order chi connectivity index (χ1) is 6.46. The van der Waals surface area contributed by atoms with E-state index in [1.807, 2.05) is 0 Å². The highest BCUT2D eigenvalue weighted by Crippen LogP contribution is 2.36. The molecular formula is C10H18O3Si. The van der Waals surface area contributed by atoms with Crippen LogP contribution in [0.3, 0.4) is 0 Å². The molecule has 1 aliphatic heterocycles. The minimum absolute atomic E-state index is 0.274. The maximum atomic E-state index is 10.2. The van der Waals surface area contributed by atoms with Gasteiger partial charge in [-0.15, -0.1) is 0 Å². The van der Waals surface area contributed by atoms with Crippen LogP contribution in [-0.2, 0) is 4.74 Å². The van der Waals surface area contributed by atoms with Crippen LogP contribution in [0.5, 0.6) is 0 Å². The fraction of sp³-hybridized carbons (Fsp3) is 0.600. The van der Waals surface area contributed by atoms with E-state index in [1.165, 1.54) is 6.08 Å². The fourth-order valence-corrected chi connectivity index (χ4v) is 2.92. The molecule has 1 aliphatic rings. The number of aliphatic hydroxyl groups excluding tert-OH is 1. The van der Waals surface area contributed by atoms with Crippen molar-refractivity contribution < 1.29 is 14.9 Å². The Balaban J connectivity index is 2.96. The van der Waals surface area contributed by atoms with Gasteiger partial charge in [-0.25, -0.2) is 0 Å². The largest absolute Gasteiger partial charge is 0.509 e. The molecule has 14 heavy (non-hydrogen) atoms. The van der Waals surface area contributed by atoms with Crippen molar-refractivity contribution in [3.63, 3.8) is 0 Å². The Hall–Kier alpha value is -0.583. The summed E-state index contributed by atoms with van der Waals surface area (Å²) in [5.41, 5.74) is -1.49. The SMILES string of the molecule is C=CC(O)(C(=C)O)C1([SiH3])CCCCO1. The summed E-state index contributed by atoms with van der Waals surface area (Å²) in [5, 5.41) is 19.0. The van der Waals surface area contributed by atoms with Crippen LogP contribution >= 0.6 is 0 Å². The van der Waals surface area contributed by atoms with Crippen LogP contribution in [0.15, 0.2) is 25.0 Å². The molecule has 1 rings (SSSR count). The molecule has 0 aliphatic carbocycles. The first kappa shape index (κ1) is 11.5. The molecule has 0 bridgehead atoms. The van der Waals surface area contributed by atoms with Crippen molar-refractivity contribution in [2.75, 3.05) is 6.61 Å². The highest BCUT2D eigenvalue weighted by molar-refractivity contribution is 6.16. The van der Waals surface area contributed by atoms with Gasteiger partial charge in [0.1, 0.15) is 5.76 Å². The standard InChI is InChI=1S/C10H18O3Si/c1-3-9(12,8(2)11)10(14)6-4-5-7-13-10/h3,11-12H,1-2,4-7H2,14H3. The second kappa shape index (κ2) is 3.88. The predicted octanol–water partition coefficient (Wildman–Crippen LogP) is 0.237. The number of hydrogen-bond acceptors (Lipinski definition) is 3. The topological polar surface area (TPSA) is 49.7 Å². The van der Waals surface area contributed by atoms with E-state index in [2.05, 4.69) is 13.2 Å². The summed E-state index contributed by atoms with van der Waals surface area (Å²) in [7, 11) is 0.631. The first-order valence-electron chi connectivity index (χ1n) is 4.84. The van der Waals surface area contributed by atoms with E-state index in [0.717, 1.165) is 19.3 Å². The lowest BCUT2D eigenvalue weighted by Gasteiger charge is -2.44. The summed E-state index contributed by atoms with van der Waals surface area (Å²) in [6.07, 6.45) is 4.09. The average Bonchev–Trinajstić information content (AvgIpc) is 2.17. The Labute approximate surface area is 87.5 Å². The maximum Gasteiger partial charge on any atom is 0.163 e.